The summed E-state index contributed by atoms with van der Waals surface area (Å²) in [4.78, 5) is 4.29. The van der Waals surface area contributed by atoms with Gasteiger partial charge in [0, 0.05) is 18.8 Å². The molecule has 0 radical (unpaired) electrons. The maximum absolute atomic E-state index is 5.81. The van der Waals surface area contributed by atoms with Gasteiger partial charge in [0.15, 0.2) is 0 Å². The summed E-state index contributed by atoms with van der Waals surface area (Å²) < 4.78 is 0.955. The summed E-state index contributed by atoms with van der Waals surface area (Å²) in [6, 6.07) is 14.4. The molecule has 0 aliphatic heterocycles. The number of nitrogens with one attached hydrogen (secondary N) is 1. The van der Waals surface area contributed by atoms with Crippen molar-refractivity contribution in [3.63, 3.8) is 0 Å². The highest BCUT2D eigenvalue weighted by Crippen LogP contribution is 2.19. The van der Waals surface area contributed by atoms with Crippen molar-refractivity contribution in [2.45, 2.75) is 12.5 Å². The van der Waals surface area contributed by atoms with E-state index in [1.54, 1.807) is 6.20 Å². The van der Waals surface area contributed by atoms with Crippen LogP contribution in [0.5, 0.6) is 0 Å². The lowest BCUT2D eigenvalue weighted by atomic mass is 10.1. The SMILES string of the molecule is NCC(Cc1ccccc1)Nc1ncccc1Br. The average Bonchev–Trinajstić information content (AvgIpc) is 2.41. The van der Waals surface area contributed by atoms with Gasteiger partial charge in [-0.15, -0.1) is 0 Å². The van der Waals surface area contributed by atoms with Crippen molar-refractivity contribution in [2.24, 2.45) is 5.73 Å². The van der Waals surface area contributed by atoms with E-state index >= 15 is 0 Å². The molecule has 0 aliphatic carbocycles. The number of hydrogen-bond acceptors (Lipinski definition) is 3. The number of halogens is 1. The first kappa shape index (κ1) is 13.1. The minimum absolute atomic E-state index is 0.179. The number of anilines is 1. The second-order valence-electron chi connectivity index (χ2n) is 4.10. The van der Waals surface area contributed by atoms with Crippen molar-refractivity contribution in [2.75, 3.05) is 11.9 Å². The fourth-order valence-electron chi connectivity index (χ4n) is 1.78. The maximum atomic E-state index is 5.81. The monoisotopic (exact) mass is 305 g/mol. The van der Waals surface area contributed by atoms with Crippen LogP contribution in [0.1, 0.15) is 5.56 Å². The van der Waals surface area contributed by atoms with Crippen LogP contribution in [-0.2, 0) is 6.42 Å². The van der Waals surface area contributed by atoms with E-state index in [1.807, 2.05) is 30.3 Å². The van der Waals surface area contributed by atoms with Gasteiger partial charge in [0.2, 0.25) is 0 Å². The summed E-state index contributed by atoms with van der Waals surface area (Å²) in [5.74, 6) is 0.837. The molecule has 3 N–H and O–H groups in total. The third kappa shape index (κ3) is 3.55. The van der Waals surface area contributed by atoms with Gasteiger partial charge in [-0.05, 0) is 40.0 Å². The van der Waals surface area contributed by atoms with Crippen molar-refractivity contribution >= 4 is 21.7 Å². The second kappa shape index (κ2) is 6.52. The molecule has 0 amide bonds. The number of aromatic nitrogens is 1. The maximum Gasteiger partial charge on any atom is 0.140 e. The average molecular weight is 306 g/mol. The summed E-state index contributed by atoms with van der Waals surface area (Å²) in [7, 11) is 0. The molecule has 0 saturated carbocycles. The number of nitrogens with two attached hydrogens (primary N) is 1. The molecule has 1 unspecified atom stereocenters. The first-order valence-electron chi connectivity index (χ1n) is 5.90. The van der Waals surface area contributed by atoms with Gasteiger partial charge < -0.3 is 11.1 Å². The molecule has 2 aromatic rings. The highest BCUT2D eigenvalue weighted by Gasteiger charge is 2.09. The zero-order valence-corrected chi connectivity index (χ0v) is 11.6. The van der Waals surface area contributed by atoms with Crippen molar-refractivity contribution in [3.05, 3.63) is 58.7 Å². The topological polar surface area (TPSA) is 50.9 Å². The molecule has 0 bridgehead atoms. The van der Waals surface area contributed by atoms with Crippen LogP contribution in [0.25, 0.3) is 0 Å². The van der Waals surface area contributed by atoms with Crippen LogP contribution in [0.4, 0.5) is 5.82 Å². The first-order valence-corrected chi connectivity index (χ1v) is 6.70. The fraction of sp³-hybridized carbons (Fsp3) is 0.214. The molecular weight excluding hydrogens is 290 g/mol. The Morgan fingerprint density at radius 3 is 2.61 bits per heavy atom. The standard InChI is InChI=1S/C14H16BrN3/c15-13-7-4-8-17-14(13)18-12(10-16)9-11-5-2-1-3-6-11/h1-8,12H,9-10,16H2,(H,17,18). The molecule has 4 heteroatoms. The van der Waals surface area contributed by atoms with E-state index in [0.29, 0.717) is 6.54 Å². The van der Waals surface area contributed by atoms with Crippen LogP contribution in [0.2, 0.25) is 0 Å². The predicted molar refractivity (Wildman–Crippen MR) is 78.5 cm³/mol. The third-order valence-corrected chi connectivity index (χ3v) is 3.35. The lowest BCUT2D eigenvalue weighted by Gasteiger charge is -2.18. The minimum atomic E-state index is 0.179. The number of benzene rings is 1. The molecule has 1 atom stereocenters. The number of nitrogens with zero attached hydrogens (tertiary/aromatic N) is 1. The molecule has 0 fully saturated rings. The molecular formula is C14H16BrN3. The van der Waals surface area contributed by atoms with Crippen LogP contribution in [-0.4, -0.2) is 17.6 Å². The molecule has 1 aromatic heterocycles. The van der Waals surface area contributed by atoms with Gasteiger partial charge in [-0.3, -0.25) is 0 Å². The second-order valence-corrected chi connectivity index (χ2v) is 4.95. The predicted octanol–water partition coefficient (Wildman–Crippen LogP) is 2.83. The third-order valence-electron chi connectivity index (χ3n) is 2.71. The van der Waals surface area contributed by atoms with Gasteiger partial charge >= 0.3 is 0 Å². The summed E-state index contributed by atoms with van der Waals surface area (Å²) in [6.45, 7) is 0.567. The highest BCUT2D eigenvalue weighted by molar-refractivity contribution is 9.10. The molecule has 2 rings (SSSR count). The van der Waals surface area contributed by atoms with Crippen LogP contribution in [0, 0.1) is 0 Å². The number of rotatable bonds is 5. The molecule has 18 heavy (non-hydrogen) atoms. The molecule has 94 valence electrons. The Hall–Kier alpha value is -1.39. The van der Waals surface area contributed by atoms with Crippen LogP contribution in [0.3, 0.4) is 0 Å². The Balaban J connectivity index is 2.04. The molecule has 0 saturated heterocycles. The van der Waals surface area contributed by atoms with E-state index in [9.17, 15) is 0 Å². The zero-order valence-electron chi connectivity index (χ0n) is 10.0. The van der Waals surface area contributed by atoms with E-state index in [2.05, 4.69) is 38.4 Å². The highest BCUT2D eigenvalue weighted by atomic mass is 79.9. The minimum Gasteiger partial charge on any atom is -0.365 e. The van der Waals surface area contributed by atoms with Crippen LogP contribution < -0.4 is 11.1 Å². The van der Waals surface area contributed by atoms with Gasteiger partial charge in [-0.25, -0.2) is 4.98 Å². The first-order chi connectivity index (χ1) is 8.79. The Kier molecular flexibility index (Phi) is 4.73. The van der Waals surface area contributed by atoms with Crippen molar-refractivity contribution in [1.82, 2.24) is 4.98 Å². The van der Waals surface area contributed by atoms with E-state index in [4.69, 9.17) is 5.73 Å². The van der Waals surface area contributed by atoms with Crippen LogP contribution in [0.15, 0.2) is 53.1 Å². The van der Waals surface area contributed by atoms with Gasteiger partial charge in [0.25, 0.3) is 0 Å². The van der Waals surface area contributed by atoms with Gasteiger partial charge in [0.05, 0.1) is 4.47 Å². The summed E-state index contributed by atoms with van der Waals surface area (Å²) in [5, 5.41) is 3.36. The van der Waals surface area contributed by atoms with E-state index in [1.165, 1.54) is 5.56 Å². The molecule has 0 spiro atoms. The van der Waals surface area contributed by atoms with Gasteiger partial charge in [0.1, 0.15) is 5.82 Å². The summed E-state index contributed by atoms with van der Waals surface area (Å²) >= 11 is 3.47. The Labute approximate surface area is 116 Å². The largest absolute Gasteiger partial charge is 0.365 e. The summed E-state index contributed by atoms with van der Waals surface area (Å²) in [5.41, 5.74) is 7.08. The number of pyridine rings is 1. The van der Waals surface area contributed by atoms with Gasteiger partial charge in [-0.1, -0.05) is 30.3 Å². The van der Waals surface area contributed by atoms with Crippen LogP contribution >= 0.6 is 15.9 Å². The molecule has 0 aliphatic rings. The van der Waals surface area contributed by atoms with Crippen molar-refractivity contribution < 1.29 is 0 Å². The number of hydrogen-bond donors (Lipinski definition) is 2. The lowest BCUT2D eigenvalue weighted by Crippen LogP contribution is -2.31. The molecule has 3 nitrogen and oxygen atoms in total. The normalized spacial score (nSPS) is 12.1. The Bertz CT molecular complexity index is 487. The summed E-state index contributed by atoms with van der Waals surface area (Å²) in [6.07, 6.45) is 2.66. The van der Waals surface area contributed by atoms with Crippen molar-refractivity contribution in [3.8, 4) is 0 Å². The fourth-order valence-corrected chi connectivity index (χ4v) is 2.15. The molecule has 1 aromatic carbocycles. The van der Waals surface area contributed by atoms with E-state index in [-0.39, 0.29) is 6.04 Å². The Morgan fingerprint density at radius 1 is 1.17 bits per heavy atom. The van der Waals surface area contributed by atoms with Gasteiger partial charge in [-0.2, -0.15) is 0 Å². The quantitative estimate of drug-likeness (QED) is 0.893. The lowest BCUT2D eigenvalue weighted by molar-refractivity contribution is 0.719. The zero-order chi connectivity index (χ0) is 12.8. The van der Waals surface area contributed by atoms with E-state index < -0.39 is 0 Å². The molecule has 1 heterocycles. The van der Waals surface area contributed by atoms with E-state index in [0.717, 1.165) is 16.7 Å². The van der Waals surface area contributed by atoms with Crippen molar-refractivity contribution in [1.29, 1.82) is 0 Å². The Morgan fingerprint density at radius 2 is 1.94 bits per heavy atom. The smallest absolute Gasteiger partial charge is 0.140 e.